The highest BCUT2D eigenvalue weighted by atomic mass is 32.1. The molecule has 6 heteroatoms. The number of allylic oxidation sites excluding steroid dienone is 1. The Labute approximate surface area is 160 Å². The number of hydrogen-bond donors (Lipinski definition) is 0. The van der Waals surface area contributed by atoms with Crippen molar-refractivity contribution in [2.24, 2.45) is 0 Å². The lowest BCUT2D eigenvalue weighted by molar-refractivity contribution is -0.115. The van der Waals surface area contributed by atoms with Crippen LogP contribution in [0.15, 0.2) is 60.0 Å². The van der Waals surface area contributed by atoms with Gasteiger partial charge in [-0.05, 0) is 31.2 Å². The van der Waals surface area contributed by atoms with Crippen LogP contribution in [0.2, 0.25) is 0 Å². The number of halogens is 1. The van der Waals surface area contributed by atoms with Crippen molar-refractivity contribution in [1.29, 1.82) is 0 Å². The first-order chi connectivity index (χ1) is 13.0. The van der Waals surface area contributed by atoms with Gasteiger partial charge in [-0.15, -0.1) is 11.3 Å². The number of carbonyl (C=O) groups excluding carboxylic acids is 2. The fourth-order valence-corrected chi connectivity index (χ4v) is 3.32. The SMILES string of the molecule is CC(=O)N(c1nc(/C=C/C(=O)c2ccc(C)cc2)cs1)c1ccccc1F. The average molecular weight is 380 g/mol. The van der Waals surface area contributed by atoms with Crippen LogP contribution in [0, 0.1) is 12.7 Å². The van der Waals surface area contributed by atoms with Crippen LogP contribution >= 0.6 is 11.3 Å². The molecule has 1 amide bonds. The van der Waals surface area contributed by atoms with Crippen molar-refractivity contribution in [3.8, 4) is 0 Å². The minimum absolute atomic E-state index is 0.137. The number of para-hydroxylation sites is 1. The Hall–Kier alpha value is -3.12. The monoisotopic (exact) mass is 380 g/mol. The van der Waals surface area contributed by atoms with Gasteiger partial charge in [0.25, 0.3) is 0 Å². The minimum Gasteiger partial charge on any atom is -0.289 e. The molecule has 0 aliphatic heterocycles. The Morgan fingerprint density at radius 1 is 1.11 bits per heavy atom. The van der Waals surface area contributed by atoms with Crippen LogP contribution < -0.4 is 4.90 Å². The van der Waals surface area contributed by atoms with Gasteiger partial charge < -0.3 is 0 Å². The second-order valence-corrected chi connectivity index (χ2v) is 6.76. The fourth-order valence-electron chi connectivity index (χ4n) is 2.47. The number of hydrogen-bond acceptors (Lipinski definition) is 4. The van der Waals surface area contributed by atoms with Gasteiger partial charge in [-0.3, -0.25) is 14.5 Å². The van der Waals surface area contributed by atoms with E-state index in [0.717, 1.165) is 5.56 Å². The summed E-state index contributed by atoms with van der Waals surface area (Å²) in [6, 6.07) is 13.3. The zero-order valence-corrected chi connectivity index (χ0v) is 15.7. The van der Waals surface area contributed by atoms with E-state index in [4.69, 9.17) is 0 Å². The van der Waals surface area contributed by atoms with E-state index in [-0.39, 0.29) is 17.4 Å². The van der Waals surface area contributed by atoms with Crippen LogP contribution in [0.5, 0.6) is 0 Å². The van der Waals surface area contributed by atoms with Gasteiger partial charge in [0.2, 0.25) is 5.91 Å². The summed E-state index contributed by atoms with van der Waals surface area (Å²) in [5, 5.41) is 2.06. The van der Waals surface area contributed by atoms with Gasteiger partial charge in [-0.1, -0.05) is 42.0 Å². The molecule has 1 aromatic heterocycles. The lowest BCUT2D eigenvalue weighted by atomic mass is 10.1. The van der Waals surface area contributed by atoms with Gasteiger partial charge in [0.1, 0.15) is 5.82 Å². The van der Waals surface area contributed by atoms with Crippen LogP contribution in [-0.2, 0) is 4.79 Å². The first-order valence-electron chi connectivity index (χ1n) is 8.25. The Morgan fingerprint density at radius 2 is 1.81 bits per heavy atom. The molecule has 0 spiro atoms. The first kappa shape index (κ1) is 18.7. The van der Waals surface area contributed by atoms with E-state index >= 15 is 0 Å². The fraction of sp³-hybridized carbons (Fsp3) is 0.0952. The molecular weight excluding hydrogens is 363 g/mol. The average Bonchev–Trinajstić information content (AvgIpc) is 3.10. The van der Waals surface area contributed by atoms with Crippen LogP contribution in [0.4, 0.5) is 15.2 Å². The molecule has 0 saturated carbocycles. The van der Waals surface area contributed by atoms with Crippen molar-refractivity contribution in [1.82, 2.24) is 4.98 Å². The Kier molecular flexibility index (Phi) is 5.57. The van der Waals surface area contributed by atoms with Crippen molar-refractivity contribution < 1.29 is 14.0 Å². The molecule has 27 heavy (non-hydrogen) atoms. The number of ketones is 1. The summed E-state index contributed by atoms with van der Waals surface area (Å²) in [4.78, 5) is 29.8. The topological polar surface area (TPSA) is 50.3 Å². The maximum Gasteiger partial charge on any atom is 0.230 e. The van der Waals surface area contributed by atoms with Crippen LogP contribution in [0.25, 0.3) is 6.08 Å². The number of benzene rings is 2. The van der Waals surface area contributed by atoms with Gasteiger partial charge in [-0.25, -0.2) is 9.37 Å². The minimum atomic E-state index is -0.505. The van der Waals surface area contributed by atoms with Crippen molar-refractivity contribution in [3.63, 3.8) is 0 Å². The molecule has 3 aromatic rings. The smallest absolute Gasteiger partial charge is 0.230 e. The summed E-state index contributed by atoms with van der Waals surface area (Å²) in [7, 11) is 0. The summed E-state index contributed by atoms with van der Waals surface area (Å²) in [6.07, 6.45) is 3.02. The van der Waals surface area contributed by atoms with Crippen molar-refractivity contribution >= 4 is 39.9 Å². The second kappa shape index (κ2) is 8.05. The van der Waals surface area contributed by atoms with Gasteiger partial charge in [0, 0.05) is 17.9 Å². The standard InChI is InChI=1S/C21H17FN2O2S/c1-14-7-9-16(10-8-14)20(26)12-11-17-13-27-21(23-17)24(15(2)25)19-6-4-3-5-18(19)22/h3-13H,1-2H3/b12-11+. The zero-order chi connectivity index (χ0) is 19.4. The summed E-state index contributed by atoms with van der Waals surface area (Å²) in [6.45, 7) is 3.31. The highest BCUT2D eigenvalue weighted by Crippen LogP contribution is 2.31. The number of amides is 1. The maximum atomic E-state index is 14.1. The van der Waals surface area contributed by atoms with Gasteiger partial charge in [-0.2, -0.15) is 0 Å². The highest BCUT2D eigenvalue weighted by Gasteiger charge is 2.20. The summed E-state index contributed by atoms with van der Waals surface area (Å²) in [5.41, 5.74) is 2.34. The number of rotatable bonds is 5. The number of carbonyl (C=O) groups is 2. The third-order valence-corrected chi connectivity index (χ3v) is 4.69. The lowest BCUT2D eigenvalue weighted by Crippen LogP contribution is -2.23. The Balaban J connectivity index is 1.82. The molecule has 0 unspecified atom stereocenters. The van der Waals surface area contributed by atoms with Crippen molar-refractivity contribution in [3.05, 3.63) is 82.6 Å². The van der Waals surface area contributed by atoms with E-state index in [2.05, 4.69) is 4.98 Å². The van der Waals surface area contributed by atoms with Crippen molar-refractivity contribution in [2.45, 2.75) is 13.8 Å². The lowest BCUT2D eigenvalue weighted by Gasteiger charge is -2.18. The van der Waals surface area contributed by atoms with Crippen LogP contribution in [-0.4, -0.2) is 16.7 Å². The molecule has 0 fully saturated rings. The third kappa shape index (κ3) is 4.35. The zero-order valence-electron chi connectivity index (χ0n) is 14.8. The summed E-state index contributed by atoms with van der Waals surface area (Å²) < 4.78 is 14.1. The molecule has 2 aromatic carbocycles. The number of nitrogens with zero attached hydrogens (tertiary/aromatic N) is 2. The summed E-state index contributed by atoms with van der Waals surface area (Å²) >= 11 is 1.20. The van der Waals surface area contributed by atoms with Crippen molar-refractivity contribution in [2.75, 3.05) is 4.90 Å². The first-order valence-corrected chi connectivity index (χ1v) is 9.13. The molecule has 0 radical (unpaired) electrons. The molecule has 0 saturated heterocycles. The normalized spacial score (nSPS) is 10.9. The van der Waals surface area contributed by atoms with Gasteiger partial charge in [0.15, 0.2) is 10.9 Å². The molecule has 3 rings (SSSR count). The molecule has 0 N–H and O–H groups in total. The van der Waals surface area contributed by atoms with E-state index < -0.39 is 5.82 Å². The van der Waals surface area contributed by atoms with E-state index in [1.54, 1.807) is 35.7 Å². The Morgan fingerprint density at radius 3 is 2.48 bits per heavy atom. The number of anilines is 2. The highest BCUT2D eigenvalue weighted by molar-refractivity contribution is 7.14. The number of aromatic nitrogens is 1. The second-order valence-electron chi connectivity index (χ2n) is 5.92. The maximum absolute atomic E-state index is 14.1. The van der Waals surface area contributed by atoms with Crippen LogP contribution in [0.3, 0.4) is 0 Å². The van der Waals surface area contributed by atoms with Gasteiger partial charge >= 0.3 is 0 Å². The molecule has 0 bridgehead atoms. The molecule has 0 aliphatic rings. The number of aryl methyl sites for hydroxylation is 1. The van der Waals surface area contributed by atoms with E-state index in [1.165, 1.54) is 41.4 Å². The van der Waals surface area contributed by atoms with E-state index in [0.29, 0.717) is 16.4 Å². The predicted molar refractivity (Wildman–Crippen MR) is 106 cm³/mol. The third-order valence-electron chi connectivity index (χ3n) is 3.85. The van der Waals surface area contributed by atoms with E-state index in [9.17, 15) is 14.0 Å². The number of thiazole rings is 1. The molecular formula is C21H17FN2O2S. The quantitative estimate of drug-likeness (QED) is 0.453. The Bertz CT molecular complexity index is 1010. The molecule has 0 atom stereocenters. The molecule has 0 aliphatic carbocycles. The predicted octanol–water partition coefficient (Wildman–Crippen LogP) is 5.17. The van der Waals surface area contributed by atoms with Gasteiger partial charge in [0.05, 0.1) is 11.4 Å². The van der Waals surface area contributed by atoms with E-state index in [1.807, 2.05) is 19.1 Å². The molecule has 4 nitrogen and oxygen atoms in total. The summed E-state index contributed by atoms with van der Waals surface area (Å²) in [5.74, 6) is -0.989. The van der Waals surface area contributed by atoms with Crippen LogP contribution in [0.1, 0.15) is 28.5 Å². The molecule has 136 valence electrons. The molecule has 1 heterocycles. The largest absolute Gasteiger partial charge is 0.289 e.